The van der Waals surface area contributed by atoms with E-state index in [1.54, 1.807) is 14.2 Å². The highest BCUT2D eigenvalue weighted by molar-refractivity contribution is 5.80. The summed E-state index contributed by atoms with van der Waals surface area (Å²) in [4.78, 5) is 11.9. The predicted octanol–water partition coefficient (Wildman–Crippen LogP) is 1.72. The second-order valence-electron chi connectivity index (χ2n) is 9.25. The van der Waals surface area contributed by atoms with Gasteiger partial charge in [-0.15, -0.1) is 0 Å². The van der Waals surface area contributed by atoms with Crippen molar-refractivity contribution in [1.82, 2.24) is 20.4 Å². The van der Waals surface area contributed by atoms with Crippen molar-refractivity contribution in [1.29, 1.82) is 0 Å². The minimum Gasteiger partial charge on any atom is -0.497 e. The number of guanidine groups is 1. The minimum absolute atomic E-state index is 0.347. The van der Waals surface area contributed by atoms with E-state index in [0.29, 0.717) is 18.0 Å². The monoisotopic (exact) mass is 446 g/mol. The van der Waals surface area contributed by atoms with E-state index in [0.717, 1.165) is 75.4 Å². The van der Waals surface area contributed by atoms with Crippen molar-refractivity contribution in [2.24, 2.45) is 10.9 Å². The number of ether oxygens (including phenoxy) is 2. The number of aliphatic imine (C=N–C) groups is 1. The fraction of sp³-hybridized carbons (Fsp3) is 0.708. The molecular weight excluding hydrogens is 404 g/mol. The topological polar surface area (TPSA) is 64.6 Å². The van der Waals surface area contributed by atoms with Crippen LogP contribution in [0.1, 0.15) is 20.3 Å². The summed E-state index contributed by atoms with van der Waals surface area (Å²) in [5, 5.41) is 7.24. The number of likely N-dealkylation sites (N-methyl/N-ethyl adjacent to an activating group) is 1. The maximum atomic E-state index is 5.44. The van der Waals surface area contributed by atoms with Crippen LogP contribution in [0.4, 0.5) is 5.69 Å². The van der Waals surface area contributed by atoms with Gasteiger partial charge in [-0.3, -0.25) is 9.89 Å². The van der Waals surface area contributed by atoms with Gasteiger partial charge in [0.25, 0.3) is 0 Å². The molecule has 8 nitrogen and oxygen atoms in total. The lowest BCUT2D eigenvalue weighted by Gasteiger charge is -2.40. The van der Waals surface area contributed by atoms with E-state index in [1.807, 2.05) is 13.1 Å². The molecule has 2 heterocycles. The summed E-state index contributed by atoms with van der Waals surface area (Å²) in [6.07, 6.45) is 1.06. The van der Waals surface area contributed by atoms with Crippen LogP contribution in [-0.4, -0.2) is 102 Å². The first kappa shape index (κ1) is 24.5. The highest BCUT2D eigenvalue weighted by Gasteiger charge is 2.27. The standard InChI is InChI=1S/C24H42N6O2/c1-18(2)23(29-11-9-28(4)10-12-29)16-26-24(25-3)27-19-7-8-30(17-19)20-13-21(31-5)15-22(14-20)32-6/h13-15,18-19,23H,7-12,16-17H2,1-6H3,(H2,25,26,27). The van der Waals surface area contributed by atoms with Gasteiger partial charge in [0.1, 0.15) is 11.5 Å². The molecule has 0 saturated carbocycles. The molecule has 0 amide bonds. The summed E-state index contributed by atoms with van der Waals surface area (Å²) in [6, 6.07) is 6.90. The van der Waals surface area contributed by atoms with E-state index in [-0.39, 0.29) is 0 Å². The van der Waals surface area contributed by atoms with Crippen molar-refractivity contribution in [2.75, 3.05) is 79.0 Å². The summed E-state index contributed by atoms with van der Waals surface area (Å²) in [6.45, 7) is 12.0. The average molecular weight is 447 g/mol. The Hall–Kier alpha value is -2.19. The first-order valence-electron chi connectivity index (χ1n) is 11.8. The molecular formula is C24H42N6O2. The van der Waals surface area contributed by atoms with Gasteiger partial charge in [-0.2, -0.15) is 0 Å². The number of nitrogens with zero attached hydrogens (tertiary/aromatic N) is 4. The predicted molar refractivity (Wildman–Crippen MR) is 132 cm³/mol. The Morgan fingerprint density at radius 3 is 2.28 bits per heavy atom. The van der Waals surface area contributed by atoms with Crippen LogP contribution in [0.5, 0.6) is 11.5 Å². The van der Waals surface area contributed by atoms with Gasteiger partial charge in [0.15, 0.2) is 5.96 Å². The molecule has 2 fully saturated rings. The molecule has 2 aliphatic heterocycles. The van der Waals surface area contributed by atoms with Crippen LogP contribution in [0.25, 0.3) is 0 Å². The molecule has 180 valence electrons. The molecule has 0 aromatic heterocycles. The normalized spacial score (nSPS) is 21.7. The lowest BCUT2D eigenvalue weighted by molar-refractivity contribution is 0.0900. The van der Waals surface area contributed by atoms with Crippen LogP contribution in [0.3, 0.4) is 0 Å². The molecule has 2 N–H and O–H groups in total. The third-order valence-electron chi connectivity index (χ3n) is 6.71. The van der Waals surface area contributed by atoms with Crippen LogP contribution in [-0.2, 0) is 0 Å². The molecule has 2 unspecified atom stereocenters. The van der Waals surface area contributed by atoms with E-state index in [4.69, 9.17) is 9.47 Å². The minimum atomic E-state index is 0.347. The molecule has 0 aliphatic carbocycles. The molecule has 0 radical (unpaired) electrons. The van der Waals surface area contributed by atoms with Gasteiger partial charge in [0, 0.05) is 88.8 Å². The van der Waals surface area contributed by atoms with Gasteiger partial charge in [-0.25, -0.2) is 0 Å². The smallest absolute Gasteiger partial charge is 0.191 e. The number of benzene rings is 1. The molecule has 32 heavy (non-hydrogen) atoms. The van der Waals surface area contributed by atoms with E-state index >= 15 is 0 Å². The molecule has 1 aromatic carbocycles. The highest BCUT2D eigenvalue weighted by atomic mass is 16.5. The zero-order valence-electron chi connectivity index (χ0n) is 20.7. The maximum Gasteiger partial charge on any atom is 0.191 e. The van der Waals surface area contributed by atoms with Gasteiger partial charge in [0.2, 0.25) is 0 Å². The Kier molecular flexibility index (Phi) is 8.87. The molecule has 1 aromatic rings. The Bertz CT molecular complexity index is 726. The number of anilines is 1. The molecule has 0 bridgehead atoms. The SMILES string of the molecule is CN=C(NCC(C(C)C)N1CCN(C)CC1)NC1CCN(c2cc(OC)cc(OC)c2)C1. The van der Waals surface area contributed by atoms with Crippen LogP contribution in [0, 0.1) is 5.92 Å². The lowest BCUT2D eigenvalue weighted by atomic mass is 10.0. The maximum absolute atomic E-state index is 5.44. The molecule has 2 aliphatic rings. The zero-order chi connectivity index (χ0) is 23.1. The van der Waals surface area contributed by atoms with E-state index in [9.17, 15) is 0 Å². The van der Waals surface area contributed by atoms with Gasteiger partial charge in [-0.1, -0.05) is 13.8 Å². The van der Waals surface area contributed by atoms with Crippen molar-refractivity contribution >= 4 is 11.6 Å². The summed E-state index contributed by atoms with van der Waals surface area (Å²) < 4.78 is 10.9. The number of piperazine rings is 1. The summed E-state index contributed by atoms with van der Waals surface area (Å²) in [7, 11) is 7.44. The van der Waals surface area contributed by atoms with Crippen molar-refractivity contribution in [3.63, 3.8) is 0 Å². The Morgan fingerprint density at radius 2 is 1.72 bits per heavy atom. The van der Waals surface area contributed by atoms with Gasteiger partial charge in [0.05, 0.1) is 14.2 Å². The second kappa shape index (κ2) is 11.6. The van der Waals surface area contributed by atoms with E-state index in [1.165, 1.54) is 0 Å². The highest BCUT2D eigenvalue weighted by Crippen LogP contribution is 2.30. The van der Waals surface area contributed by atoms with Crippen LogP contribution < -0.4 is 25.0 Å². The van der Waals surface area contributed by atoms with E-state index < -0.39 is 0 Å². The fourth-order valence-electron chi connectivity index (χ4n) is 4.62. The molecule has 8 heteroatoms. The quantitative estimate of drug-likeness (QED) is 0.466. The van der Waals surface area contributed by atoms with Crippen molar-refractivity contribution < 1.29 is 9.47 Å². The molecule has 2 atom stereocenters. The first-order valence-corrected chi connectivity index (χ1v) is 11.8. The zero-order valence-corrected chi connectivity index (χ0v) is 20.7. The Labute approximate surface area is 193 Å². The molecule has 0 spiro atoms. The largest absolute Gasteiger partial charge is 0.497 e. The fourth-order valence-corrected chi connectivity index (χ4v) is 4.62. The van der Waals surface area contributed by atoms with E-state index in [2.05, 4.69) is 63.4 Å². The number of methoxy groups -OCH3 is 2. The number of rotatable bonds is 8. The number of hydrogen-bond acceptors (Lipinski definition) is 6. The summed E-state index contributed by atoms with van der Waals surface area (Å²) in [5.74, 6) is 3.11. The Balaban J connectivity index is 1.54. The summed E-state index contributed by atoms with van der Waals surface area (Å²) >= 11 is 0. The van der Waals surface area contributed by atoms with Crippen LogP contribution in [0.15, 0.2) is 23.2 Å². The van der Waals surface area contributed by atoms with Gasteiger partial charge in [-0.05, 0) is 19.4 Å². The average Bonchev–Trinajstić information content (AvgIpc) is 3.27. The van der Waals surface area contributed by atoms with Crippen LogP contribution >= 0.6 is 0 Å². The first-order chi connectivity index (χ1) is 15.4. The van der Waals surface area contributed by atoms with Gasteiger partial charge < -0.3 is 29.9 Å². The molecule has 3 rings (SSSR count). The third-order valence-corrected chi connectivity index (χ3v) is 6.71. The summed E-state index contributed by atoms with van der Waals surface area (Å²) in [5.41, 5.74) is 1.13. The number of hydrogen-bond donors (Lipinski definition) is 2. The third kappa shape index (κ3) is 6.42. The Morgan fingerprint density at radius 1 is 1.06 bits per heavy atom. The van der Waals surface area contributed by atoms with Crippen molar-refractivity contribution in [3.8, 4) is 11.5 Å². The number of nitrogens with one attached hydrogen (secondary N) is 2. The van der Waals surface area contributed by atoms with Crippen LogP contribution in [0.2, 0.25) is 0 Å². The van der Waals surface area contributed by atoms with Crippen molar-refractivity contribution in [3.05, 3.63) is 18.2 Å². The van der Waals surface area contributed by atoms with Crippen molar-refractivity contribution in [2.45, 2.75) is 32.4 Å². The van der Waals surface area contributed by atoms with Gasteiger partial charge >= 0.3 is 0 Å². The second-order valence-corrected chi connectivity index (χ2v) is 9.25. The molecule has 2 saturated heterocycles. The lowest BCUT2D eigenvalue weighted by Crippen LogP contribution is -2.55.